The van der Waals surface area contributed by atoms with Gasteiger partial charge in [0.2, 0.25) is 0 Å². The lowest BCUT2D eigenvalue weighted by Crippen LogP contribution is -2.35. The van der Waals surface area contributed by atoms with Gasteiger partial charge < -0.3 is 10.2 Å². The Balaban J connectivity index is 1.76. The molecule has 0 heterocycles. The normalized spacial score (nSPS) is 15.6. The molecule has 4 nitrogen and oxygen atoms in total. The predicted octanol–water partition coefficient (Wildman–Crippen LogP) is 5.07. The summed E-state index contributed by atoms with van der Waals surface area (Å²) in [6.07, 6.45) is 8.94. The molecule has 146 valence electrons. The van der Waals surface area contributed by atoms with Gasteiger partial charge >= 0.3 is 5.97 Å². The van der Waals surface area contributed by atoms with Crippen LogP contribution in [0.5, 0.6) is 0 Å². The Kier molecular flexibility index (Phi) is 6.89. The number of benzene rings is 2. The maximum Gasteiger partial charge on any atom is 0.371 e. The van der Waals surface area contributed by atoms with Gasteiger partial charge in [-0.2, -0.15) is 0 Å². The minimum atomic E-state index is -1.17. The highest BCUT2D eigenvalue weighted by molar-refractivity contribution is 5.97. The number of carbonyl (C=O) groups is 1. The fraction of sp³-hybridized carbons (Fsp3) is 0.273. The zero-order valence-electron chi connectivity index (χ0n) is 15.4. The molecule has 1 aliphatic carbocycles. The number of hydrogen-bond acceptors (Lipinski definition) is 3. The summed E-state index contributed by atoms with van der Waals surface area (Å²) in [5.41, 5.74) is 0.197. The molecule has 1 N–H and O–H groups in total. The molecule has 0 bridgehead atoms. The summed E-state index contributed by atoms with van der Waals surface area (Å²) in [6, 6.07) is 13.0. The average molecular weight is 384 g/mol. The van der Waals surface area contributed by atoms with Gasteiger partial charge in [-0.1, -0.05) is 66.9 Å². The quantitative estimate of drug-likeness (QED) is 0.339. The summed E-state index contributed by atoms with van der Waals surface area (Å²) in [5.74, 6) is -2.81. The van der Waals surface area contributed by atoms with Crippen molar-refractivity contribution >= 4 is 17.9 Å². The molecule has 3 rings (SSSR count). The number of nitrogens with zero attached hydrogens (tertiary/aromatic N) is 1. The summed E-state index contributed by atoms with van der Waals surface area (Å²) in [5, 5.41) is 7.09. The molecule has 0 atom stereocenters. The van der Waals surface area contributed by atoms with E-state index in [4.69, 9.17) is 4.84 Å². The van der Waals surface area contributed by atoms with E-state index in [0.717, 1.165) is 43.4 Å². The van der Waals surface area contributed by atoms with Crippen LogP contribution in [0.15, 0.2) is 59.8 Å². The fourth-order valence-corrected chi connectivity index (χ4v) is 3.13. The summed E-state index contributed by atoms with van der Waals surface area (Å²) in [7, 11) is 0. The molecule has 2 aromatic rings. The van der Waals surface area contributed by atoms with Gasteiger partial charge in [0, 0.05) is 6.04 Å². The molecule has 1 saturated carbocycles. The van der Waals surface area contributed by atoms with Crippen LogP contribution in [0.1, 0.15) is 48.0 Å². The number of amidine groups is 1. The first-order valence-electron chi connectivity index (χ1n) is 9.36. The molecule has 0 radical (unpaired) electrons. The van der Waals surface area contributed by atoms with E-state index in [0.29, 0.717) is 5.84 Å². The van der Waals surface area contributed by atoms with E-state index in [1.807, 2.05) is 36.4 Å². The summed E-state index contributed by atoms with van der Waals surface area (Å²) < 4.78 is 27.5. The molecule has 6 heteroatoms. The molecule has 0 aromatic heterocycles. The topological polar surface area (TPSA) is 50.7 Å². The maximum atomic E-state index is 13.7. The highest BCUT2D eigenvalue weighted by Crippen LogP contribution is 2.18. The second-order valence-corrected chi connectivity index (χ2v) is 6.68. The smallest absolute Gasteiger partial charge is 0.365 e. The summed E-state index contributed by atoms with van der Waals surface area (Å²) >= 11 is 0. The van der Waals surface area contributed by atoms with Crippen LogP contribution < -0.4 is 5.32 Å². The molecular weight excluding hydrogens is 362 g/mol. The van der Waals surface area contributed by atoms with Crippen molar-refractivity contribution in [2.24, 2.45) is 5.16 Å². The van der Waals surface area contributed by atoms with Gasteiger partial charge in [-0.3, -0.25) is 0 Å². The van der Waals surface area contributed by atoms with Crippen molar-refractivity contribution in [3.05, 3.63) is 77.4 Å². The molecule has 0 amide bonds. The number of hydrogen-bond donors (Lipinski definition) is 1. The van der Waals surface area contributed by atoms with E-state index in [-0.39, 0.29) is 6.04 Å². The van der Waals surface area contributed by atoms with E-state index in [1.165, 1.54) is 12.5 Å². The molecule has 28 heavy (non-hydrogen) atoms. The Hall–Kier alpha value is -3.02. The summed E-state index contributed by atoms with van der Waals surface area (Å²) in [6.45, 7) is 0. The second-order valence-electron chi connectivity index (χ2n) is 6.68. The zero-order chi connectivity index (χ0) is 19.8. The van der Waals surface area contributed by atoms with Crippen molar-refractivity contribution in [3.8, 4) is 0 Å². The van der Waals surface area contributed by atoms with Gasteiger partial charge in [0.1, 0.15) is 17.2 Å². The molecule has 0 aliphatic heterocycles. The summed E-state index contributed by atoms with van der Waals surface area (Å²) in [4.78, 5) is 16.9. The largest absolute Gasteiger partial charge is 0.371 e. The number of oxime groups is 1. The molecule has 0 spiro atoms. The Bertz CT molecular complexity index is 840. The van der Waals surface area contributed by atoms with Crippen molar-refractivity contribution in [1.82, 2.24) is 5.32 Å². The van der Waals surface area contributed by atoms with Crippen LogP contribution in [-0.2, 0) is 4.84 Å². The van der Waals surface area contributed by atoms with Crippen LogP contribution in [0.4, 0.5) is 8.78 Å². The van der Waals surface area contributed by atoms with Crippen LogP contribution in [0, 0.1) is 11.6 Å². The van der Waals surface area contributed by atoms with Crippen molar-refractivity contribution in [2.75, 3.05) is 0 Å². The van der Waals surface area contributed by atoms with Crippen molar-refractivity contribution in [3.63, 3.8) is 0 Å². The molecule has 0 saturated heterocycles. The zero-order valence-corrected chi connectivity index (χ0v) is 15.4. The van der Waals surface area contributed by atoms with E-state index in [9.17, 15) is 13.6 Å². The standard InChI is InChI=1S/C22H22F2N2O2/c23-18-12-7-13-19(24)21(18)22(27)28-26-20(25-17-10-5-2-6-11-17)15-14-16-8-3-1-4-9-16/h1,3-4,7-9,12-15,17H,2,5-6,10-11H2,(H,25,26)/b15-14+. The third-order valence-corrected chi connectivity index (χ3v) is 4.58. The highest BCUT2D eigenvalue weighted by atomic mass is 19.1. The molecule has 0 unspecified atom stereocenters. The first-order chi connectivity index (χ1) is 13.6. The fourth-order valence-electron chi connectivity index (χ4n) is 3.13. The highest BCUT2D eigenvalue weighted by Gasteiger charge is 2.19. The monoisotopic (exact) mass is 384 g/mol. The SMILES string of the molecule is O=C(ON=C(/C=C/c1ccccc1)NC1CCCCC1)c1c(F)cccc1F. The van der Waals surface area contributed by atoms with Crippen molar-refractivity contribution < 1.29 is 18.4 Å². The molecule has 1 fully saturated rings. The predicted molar refractivity (Wildman–Crippen MR) is 105 cm³/mol. The van der Waals surface area contributed by atoms with Crippen molar-refractivity contribution in [2.45, 2.75) is 38.1 Å². The maximum absolute atomic E-state index is 13.7. The first kappa shape index (κ1) is 19.7. The van der Waals surface area contributed by atoms with Gasteiger partial charge in [-0.15, -0.1) is 0 Å². The van der Waals surface area contributed by atoms with Gasteiger partial charge in [-0.05, 0) is 36.6 Å². The van der Waals surface area contributed by atoms with Gasteiger partial charge in [-0.25, -0.2) is 13.6 Å². The lowest BCUT2D eigenvalue weighted by Gasteiger charge is -2.23. The van der Waals surface area contributed by atoms with E-state index < -0.39 is 23.2 Å². The van der Waals surface area contributed by atoms with Crippen LogP contribution in [0.2, 0.25) is 0 Å². The van der Waals surface area contributed by atoms with Crippen LogP contribution in [0.3, 0.4) is 0 Å². The number of carbonyl (C=O) groups excluding carboxylic acids is 1. The number of nitrogens with one attached hydrogen (secondary N) is 1. The van der Waals surface area contributed by atoms with Crippen molar-refractivity contribution in [1.29, 1.82) is 0 Å². The van der Waals surface area contributed by atoms with Crippen LogP contribution in [0.25, 0.3) is 6.08 Å². The van der Waals surface area contributed by atoms with Gasteiger partial charge in [0.15, 0.2) is 5.84 Å². The minimum Gasteiger partial charge on any atom is -0.365 e. The third-order valence-electron chi connectivity index (χ3n) is 4.58. The minimum absolute atomic E-state index is 0.219. The molecular formula is C22H22F2N2O2. The molecule has 2 aromatic carbocycles. The Morgan fingerprint density at radius 3 is 2.36 bits per heavy atom. The average Bonchev–Trinajstić information content (AvgIpc) is 2.71. The lowest BCUT2D eigenvalue weighted by molar-refractivity contribution is 0.0503. The van der Waals surface area contributed by atoms with Crippen LogP contribution in [-0.4, -0.2) is 17.8 Å². The van der Waals surface area contributed by atoms with Crippen LogP contribution >= 0.6 is 0 Å². The Morgan fingerprint density at radius 1 is 1.00 bits per heavy atom. The van der Waals surface area contributed by atoms with E-state index in [1.54, 1.807) is 6.08 Å². The second kappa shape index (κ2) is 9.78. The Morgan fingerprint density at radius 2 is 1.68 bits per heavy atom. The Labute approximate surface area is 162 Å². The first-order valence-corrected chi connectivity index (χ1v) is 9.36. The van der Waals surface area contributed by atoms with E-state index >= 15 is 0 Å². The van der Waals surface area contributed by atoms with Gasteiger partial charge in [0.25, 0.3) is 0 Å². The third kappa shape index (κ3) is 5.49. The van der Waals surface area contributed by atoms with Gasteiger partial charge in [0.05, 0.1) is 0 Å². The lowest BCUT2D eigenvalue weighted by atomic mass is 9.95. The number of halogens is 2. The number of rotatable bonds is 5. The van der Waals surface area contributed by atoms with E-state index in [2.05, 4.69) is 10.5 Å². The molecule has 1 aliphatic rings.